The number of carbonyl (C=O) groups excluding carboxylic acids is 1. The lowest BCUT2D eigenvalue weighted by Gasteiger charge is -2.29. The third-order valence-electron chi connectivity index (χ3n) is 2.50. The first-order valence-corrected chi connectivity index (χ1v) is 5.75. The van der Waals surface area contributed by atoms with Gasteiger partial charge in [0.2, 0.25) is 5.91 Å². The van der Waals surface area contributed by atoms with E-state index in [0.29, 0.717) is 13.1 Å². The summed E-state index contributed by atoms with van der Waals surface area (Å²) in [6, 6.07) is 3.17. The van der Waals surface area contributed by atoms with Gasteiger partial charge in [0.1, 0.15) is 11.6 Å². The number of thiocarbonyl (C=S) groups is 1. The minimum atomic E-state index is -0.723. The molecule has 1 fully saturated rings. The molecule has 1 aliphatic heterocycles. The molecule has 1 amide bonds. The fourth-order valence-electron chi connectivity index (χ4n) is 1.60. The van der Waals surface area contributed by atoms with Crippen LogP contribution in [0.2, 0.25) is 0 Å². The monoisotopic (exact) mass is 271 g/mol. The lowest BCUT2D eigenvalue weighted by molar-refractivity contribution is -0.122. The minimum absolute atomic E-state index is 0.0902. The number of benzene rings is 1. The summed E-state index contributed by atoms with van der Waals surface area (Å²) >= 11 is 5.08. The first-order chi connectivity index (χ1) is 8.56. The van der Waals surface area contributed by atoms with Crippen molar-refractivity contribution in [1.29, 1.82) is 0 Å². The van der Waals surface area contributed by atoms with Crippen molar-refractivity contribution in [3.05, 3.63) is 29.8 Å². The highest BCUT2D eigenvalue weighted by atomic mass is 32.1. The van der Waals surface area contributed by atoms with Crippen LogP contribution in [0.1, 0.15) is 0 Å². The van der Waals surface area contributed by atoms with Gasteiger partial charge in [-0.05, 0) is 24.4 Å². The molecule has 18 heavy (non-hydrogen) atoms. The highest BCUT2D eigenvalue weighted by molar-refractivity contribution is 7.80. The quantitative estimate of drug-likeness (QED) is 0.751. The van der Waals surface area contributed by atoms with Crippen molar-refractivity contribution in [2.75, 3.05) is 25.0 Å². The molecule has 0 atom stereocenters. The van der Waals surface area contributed by atoms with Crippen molar-refractivity contribution in [2.24, 2.45) is 0 Å². The number of nitrogens with zero attached hydrogens (tertiary/aromatic N) is 1. The lowest BCUT2D eigenvalue weighted by Crippen LogP contribution is -2.51. The summed E-state index contributed by atoms with van der Waals surface area (Å²) in [6.45, 7) is 1.18. The van der Waals surface area contributed by atoms with Crippen LogP contribution in [-0.4, -0.2) is 35.6 Å². The predicted molar refractivity (Wildman–Crippen MR) is 67.2 cm³/mol. The number of piperazine rings is 1. The van der Waals surface area contributed by atoms with E-state index in [2.05, 4.69) is 10.6 Å². The summed E-state index contributed by atoms with van der Waals surface area (Å²) in [4.78, 5) is 12.8. The van der Waals surface area contributed by atoms with E-state index in [-0.39, 0.29) is 23.3 Å². The predicted octanol–water partition coefficient (Wildman–Crippen LogP) is 1.09. The number of nitrogens with one attached hydrogen (secondary N) is 2. The number of hydrogen-bond donors (Lipinski definition) is 2. The van der Waals surface area contributed by atoms with Crippen molar-refractivity contribution in [2.45, 2.75) is 0 Å². The standard InChI is InChI=1S/C11H11F2N3OS/c12-7-1-2-9(8(13)5-7)15-11(18)16-4-3-14-10(17)6-16/h1-2,5H,3-4,6H2,(H,14,17)(H,15,18). The van der Waals surface area contributed by atoms with Gasteiger partial charge in [0, 0.05) is 19.2 Å². The summed E-state index contributed by atoms with van der Waals surface area (Å²) < 4.78 is 26.1. The highest BCUT2D eigenvalue weighted by Crippen LogP contribution is 2.15. The number of halogens is 2. The van der Waals surface area contributed by atoms with E-state index in [0.717, 1.165) is 12.1 Å². The molecule has 0 unspecified atom stereocenters. The van der Waals surface area contributed by atoms with E-state index in [1.807, 2.05) is 0 Å². The van der Waals surface area contributed by atoms with Crippen molar-refractivity contribution < 1.29 is 13.6 Å². The molecular weight excluding hydrogens is 260 g/mol. The Bertz CT molecular complexity index is 495. The zero-order valence-electron chi connectivity index (χ0n) is 9.37. The summed E-state index contributed by atoms with van der Waals surface area (Å²) in [5, 5.41) is 5.57. The number of hydrogen-bond acceptors (Lipinski definition) is 2. The van der Waals surface area contributed by atoms with Gasteiger partial charge < -0.3 is 15.5 Å². The molecule has 1 heterocycles. The molecule has 0 radical (unpaired) electrons. The molecule has 0 saturated carbocycles. The lowest BCUT2D eigenvalue weighted by atomic mass is 10.3. The second-order valence-corrected chi connectivity index (χ2v) is 4.21. The Morgan fingerprint density at radius 3 is 2.89 bits per heavy atom. The van der Waals surface area contributed by atoms with Crippen LogP contribution in [0.15, 0.2) is 18.2 Å². The molecule has 0 bridgehead atoms. The van der Waals surface area contributed by atoms with Crippen molar-refractivity contribution in [1.82, 2.24) is 10.2 Å². The fraction of sp³-hybridized carbons (Fsp3) is 0.273. The number of anilines is 1. The molecule has 1 aromatic rings. The Kier molecular flexibility index (Phi) is 3.71. The Morgan fingerprint density at radius 2 is 2.22 bits per heavy atom. The van der Waals surface area contributed by atoms with Gasteiger partial charge in [-0.1, -0.05) is 0 Å². The van der Waals surface area contributed by atoms with Crippen LogP contribution >= 0.6 is 12.2 Å². The maximum atomic E-state index is 13.4. The summed E-state index contributed by atoms with van der Waals surface area (Å²) in [5.74, 6) is -1.51. The van der Waals surface area contributed by atoms with Gasteiger partial charge in [-0.25, -0.2) is 8.78 Å². The van der Waals surface area contributed by atoms with Gasteiger partial charge in [-0.2, -0.15) is 0 Å². The summed E-state index contributed by atoms with van der Waals surface area (Å²) in [7, 11) is 0. The zero-order chi connectivity index (χ0) is 13.1. The fourth-order valence-corrected chi connectivity index (χ4v) is 1.86. The topological polar surface area (TPSA) is 44.4 Å². The molecule has 1 saturated heterocycles. The molecule has 0 spiro atoms. The molecule has 0 aliphatic carbocycles. The van der Waals surface area contributed by atoms with Crippen LogP contribution in [0.3, 0.4) is 0 Å². The number of carbonyl (C=O) groups is 1. The second-order valence-electron chi connectivity index (χ2n) is 3.83. The van der Waals surface area contributed by atoms with E-state index in [4.69, 9.17) is 12.2 Å². The minimum Gasteiger partial charge on any atom is -0.353 e. The number of rotatable bonds is 1. The summed E-state index contributed by atoms with van der Waals surface area (Å²) in [6.07, 6.45) is 0. The van der Waals surface area contributed by atoms with Gasteiger partial charge in [0.25, 0.3) is 0 Å². The van der Waals surface area contributed by atoms with Crippen molar-refractivity contribution in [3.8, 4) is 0 Å². The molecule has 7 heteroatoms. The number of amides is 1. The van der Waals surface area contributed by atoms with Crippen LogP contribution < -0.4 is 10.6 Å². The average molecular weight is 271 g/mol. The van der Waals surface area contributed by atoms with Crippen molar-refractivity contribution in [3.63, 3.8) is 0 Å². The van der Waals surface area contributed by atoms with Gasteiger partial charge in [-0.3, -0.25) is 4.79 Å². The Balaban J connectivity index is 2.04. The van der Waals surface area contributed by atoms with Crippen LogP contribution in [0, 0.1) is 11.6 Å². The maximum absolute atomic E-state index is 13.4. The summed E-state index contributed by atoms with van der Waals surface area (Å²) in [5.41, 5.74) is 0.0902. The maximum Gasteiger partial charge on any atom is 0.239 e. The van der Waals surface area contributed by atoms with Gasteiger partial charge in [0.05, 0.1) is 12.2 Å². The molecule has 2 rings (SSSR count). The first kappa shape index (κ1) is 12.7. The van der Waals surface area contributed by atoms with Crippen LogP contribution in [0.5, 0.6) is 0 Å². The van der Waals surface area contributed by atoms with Crippen LogP contribution in [0.25, 0.3) is 0 Å². The highest BCUT2D eigenvalue weighted by Gasteiger charge is 2.19. The SMILES string of the molecule is O=C1CN(C(=S)Nc2ccc(F)cc2F)CCN1. The van der Waals surface area contributed by atoms with E-state index < -0.39 is 11.6 Å². The second kappa shape index (κ2) is 5.26. The molecule has 1 aliphatic rings. The smallest absolute Gasteiger partial charge is 0.239 e. The third-order valence-corrected chi connectivity index (χ3v) is 2.86. The Hall–Kier alpha value is -1.76. The van der Waals surface area contributed by atoms with Gasteiger partial charge in [-0.15, -0.1) is 0 Å². The van der Waals surface area contributed by atoms with Gasteiger partial charge in [0.15, 0.2) is 5.11 Å². The van der Waals surface area contributed by atoms with Crippen LogP contribution in [-0.2, 0) is 4.79 Å². The zero-order valence-corrected chi connectivity index (χ0v) is 10.2. The Morgan fingerprint density at radius 1 is 1.44 bits per heavy atom. The Labute approximate surface area is 108 Å². The molecular formula is C11H11F2N3OS. The third kappa shape index (κ3) is 2.92. The van der Waals surface area contributed by atoms with Gasteiger partial charge >= 0.3 is 0 Å². The largest absolute Gasteiger partial charge is 0.353 e. The normalized spacial score (nSPS) is 15.2. The van der Waals surface area contributed by atoms with E-state index in [1.54, 1.807) is 4.90 Å². The average Bonchev–Trinajstić information content (AvgIpc) is 2.32. The van der Waals surface area contributed by atoms with Crippen LogP contribution in [0.4, 0.5) is 14.5 Å². The van der Waals surface area contributed by atoms with Crippen molar-refractivity contribution >= 4 is 28.9 Å². The van der Waals surface area contributed by atoms with E-state index in [1.165, 1.54) is 6.07 Å². The van der Waals surface area contributed by atoms with E-state index in [9.17, 15) is 13.6 Å². The first-order valence-electron chi connectivity index (χ1n) is 5.34. The molecule has 0 aromatic heterocycles. The molecule has 2 N–H and O–H groups in total. The molecule has 1 aromatic carbocycles. The molecule has 4 nitrogen and oxygen atoms in total. The van der Waals surface area contributed by atoms with E-state index >= 15 is 0 Å². The molecule has 96 valence electrons.